The van der Waals surface area contributed by atoms with Gasteiger partial charge >= 0.3 is 0 Å². The molecule has 0 aliphatic carbocycles. The van der Waals surface area contributed by atoms with Crippen LogP contribution in [0.15, 0.2) is 22.8 Å². The van der Waals surface area contributed by atoms with Gasteiger partial charge in [-0.25, -0.2) is 0 Å². The molecule has 0 aromatic carbocycles. The fourth-order valence-corrected chi connectivity index (χ4v) is 1.07. The lowest BCUT2D eigenvalue weighted by Crippen LogP contribution is -2.46. The molecule has 0 radical (unpaired) electrons. The van der Waals surface area contributed by atoms with Gasteiger partial charge in [-0.15, -0.1) is 0 Å². The van der Waals surface area contributed by atoms with Crippen LogP contribution in [0.25, 0.3) is 0 Å². The summed E-state index contributed by atoms with van der Waals surface area (Å²) in [6, 6.07) is 3.46. The summed E-state index contributed by atoms with van der Waals surface area (Å²) in [5, 5.41) is 60.5. The Kier molecular flexibility index (Phi) is 9.35. The maximum absolute atomic E-state index is 8.96. The quantitative estimate of drug-likeness (QED) is 0.294. The van der Waals surface area contributed by atoms with Crippen LogP contribution >= 0.6 is 0 Å². The number of hydrogen-bond acceptors (Lipinski definition) is 8. The van der Waals surface area contributed by atoms with Gasteiger partial charge in [-0.3, -0.25) is 0 Å². The van der Waals surface area contributed by atoms with Crippen LogP contribution in [0.2, 0.25) is 0 Å². The summed E-state index contributed by atoms with van der Waals surface area (Å²) in [6.45, 7) is -1.46. The van der Waals surface area contributed by atoms with Crippen molar-refractivity contribution in [2.45, 2.75) is 31.0 Å². The lowest BCUT2D eigenvalue weighted by Gasteiger charge is -2.24. The van der Waals surface area contributed by atoms with E-state index >= 15 is 0 Å². The summed E-state index contributed by atoms with van der Waals surface area (Å²) >= 11 is 0. The molecule has 1 rings (SSSR count). The van der Waals surface area contributed by atoms with E-state index in [1.54, 1.807) is 12.1 Å². The zero-order valence-corrected chi connectivity index (χ0v) is 10.2. The Morgan fingerprint density at radius 2 is 1.37 bits per heavy atom. The Balaban J connectivity index is 0.000000388. The summed E-state index contributed by atoms with van der Waals surface area (Å²) < 4.78 is 4.73. The molecule has 7 N–H and O–H groups in total. The Labute approximate surface area is 109 Å². The molecule has 8 heteroatoms. The maximum atomic E-state index is 8.96. The molecule has 0 aliphatic rings. The van der Waals surface area contributed by atoms with Gasteiger partial charge in [0.15, 0.2) is 0 Å². The highest BCUT2D eigenvalue weighted by atomic mass is 16.4. The lowest BCUT2D eigenvalue weighted by molar-refractivity contribution is -0.123. The van der Waals surface area contributed by atoms with Gasteiger partial charge in [-0.05, 0) is 12.1 Å². The van der Waals surface area contributed by atoms with Crippen LogP contribution in [0.3, 0.4) is 0 Å². The van der Waals surface area contributed by atoms with Gasteiger partial charge in [0, 0.05) is 0 Å². The first-order valence-electron chi connectivity index (χ1n) is 5.55. The van der Waals surface area contributed by atoms with E-state index in [1.807, 2.05) is 0 Å². The molecule has 19 heavy (non-hydrogen) atoms. The number of aliphatic hydroxyl groups excluding tert-OH is 7. The minimum Gasteiger partial charge on any atom is -0.467 e. The summed E-state index contributed by atoms with van der Waals surface area (Å²) in [5.74, 6) is 0.611. The zero-order valence-electron chi connectivity index (χ0n) is 10.2. The van der Waals surface area contributed by atoms with Crippen LogP contribution < -0.4 is 0 Å². The Morgan fingerprint density at radius 3 is 1.58 bits per heavy atom. The molecular weight excluding hydrogens is 260 g/mol. The van der Waals surface area contributed by atoms with E-state index in [0.717, 1.165) is 0 Å². The third kappa shape index (κ3) is 6.64. The molecule has 0 bridgehead atoms. The van der Waals surface area contributed by atoms with Crippen molar-refractivity contribution in [3.8, 4) is 0 Å². The monoisotopic (exact) mass is 280 g/mol. The van der Waals surface area contributed by atoms with E-state index < -0.39 is 37.6 Å². The third-order valence-electron chi connectivity index (χ3n) is 2.25. The predicted molar refractivity (Wildman–Crippen MR) is 62.8 cm³/mol. The van der Waals surface area contributed by atoms with Crippen molar-refractivity contribution in [2.75, 3.05) is 13.2 Å². The molecule has 0 aliphatic heterocycles. The highest BCUT2D eigenvalue weighted by Gasteiger charge is 2.29. The minimum atomic E-state index is -1.67. The second-order valence-electron chi connectivity index (χ2n) is 3.72. The van der Waals surface area contributed by atoms with Gasteiger partial charge in [-0.1, -0.05) is 0 Å². The molecular formula is C11H20O8. The average molecular weight is 280 g/mol. The zero-order chi connectivity index (χ0) is 14.8. The van der Waals surface area contributed by atoms with Gasteiger partial charge in [-0.2, -0.15) is 0 Å². The van der Waals surface area contributed by atoms with Gasteiger partial charge in [0.1, 0.15) is 36.8 Å². The van der Waals surface area contributed by atoms with E-state index in [2.05, 4.69) is 0 Å². The second-order valence-corrected chi connectivity index (χ2v) is 3.72. The van der Waals surface area contributed by atoms with Crippen molar-refractivity contribution in [1.29, 1.82) is 0 Å². The standard InChI is InChI=1S/C6H14O6.C5H6O2/c7-1-3(9)5(11)6(12)4(10)2-8;6-4-5-2-1-3-7-5/h3-12H,1-2H2;1-3,6H,4H2. The lowest BCUT2D eigenvalue weighted by atomic mass is 10.0. The van der Waals surface area contributed by atoms with Crippen LogP contribution in [0.1, 0.15) is 5.76 Å². The SMILES string of the molecule is OCC(O)C(O)C(O)C(O)CO.OCc1ccco1. The molecule has 0 fully saturated rings. The van der Waals surface area contributed by atoms with E-state index in [4.69, 9.17) is 40.2 Å². The van der Waals surface area contributed by atoms with Crippen LogP contribution in [-0.4, -0.2) is 73.4 Å². The van der Waals surface area contributed by atoms with Gasteiger partial charge < -0.3 is 40.2 Å². The van der Waals surface area contributed by atoms with E-state index in [1.165, 1.54) is 6.26 Å². The Hall–Kier alpha value is -1.00. The minimum absolute atomic E-state index is 0.00694. The topological polar surface area (TPSA) is 155 Å². The highest BCUT2D eigenvalue weighted by Crippen LogP contribution is 2.04. The first-order chi connectivity index (χ1) is 8.97. The molecule has 4 unspecified atom stereocenters. The van der Waals surface area contributed by atoms with Crippen molar-refractivity contribution in [2.24, 2.45) is 0 Å². The van der Waals surface area contributed by atoms with Crippen molar-refractivity contribution < 1.29 is 40.2 Å². The molecule has 1 heterocycles. The van der Waals surface area contributed by atoms with Gasteiger partial charge in [0.05, 0.1) is 19.5 Å². The first-order valence-corrected chi connectivity index (χ1v) is 5.55. The van der Waals surface area contributed by atoms with Gasteiger partial charge in [0.25, 0.3) is 0 Å². The van der Waals surface area contributed by atoms with Gasteiger partial charge in [0.2, 0.25) is 0 Å². The molecule has 0 saturated carbocycles. The van der Waals surface area contributed by atoms with Crippen molar-refractivity contribution >= 4 is 0 Å². The second kappa shape index (κ2) is 9.87. The molecule has 0 amide bonds. The molecule has 8 nitrogen and oxygen atoms in total. The molecule has 0 saturated heterocycles. The normalized spacial score (nSPS) is 17.0. The number of furan rings is 1. The van der Waals surface area contributed by atoms with Crippen molar-refractivity contribution in [1.82, 2.24) is 0 Å². The van der Waals surface area contributed by atoms with Crippen molar-refractivity contribution in [3.05, 3.63) is 24.2 Å². The fourth-order valence-electron chi connectivity index (χ4n) is 1.07. The first kappa shape index (κ1) is 18.0. The number of aliphatic hydroxyl groups is 7. The number of hydrogen-bond donors (Lipinski definition) is 7. The van der Waals surface area contributed by atoms with E-state index in [0.29, 0.717) is 5.76 Å². The smallest absolute Gasteiger partial charge is 0.129 e. The van der Waals surface area contributed by atoms with Crippen molar-refractivity contribution in [3.63, 3.8) is 0 Å². The van der Waals surface area contributed by atoms with Crippen LogP contribution in [0.5, 0.6) is 0 Å². The van der Waals surface area contributed by atoms with Crippen LogP contribution in [0.4, 0.5) is 0 Å². The molecule has 4 atom stereocenters. The summed E-state index contributed by atoms with van der Waals surface area (Å²) in [5.41, 5.74) is 0. The Morgan fingerprint density at radius 1 is 0.895 bits per heavy atom. The fraction of sp³-hybridized carbons (Fsp3) is 0.636. The molecule has 1 aromatic rings. The largest absolute Gasteiger partial charge is 0.467 e. The average Bonchev–Trinajstić information content (AvgIpc) is 2.97. The van der Waals surface area contributed by atoms with Crippen LogP contribution in [0, 0.1) is 0 Å². The summed E-state index contributed by atoms with van der Waals surface area (Å²) in [6.07, 6.45) is -4.86. The predicted octanol–water partition coefficient (Wildman–Crippen LogP) is -2.81. The summed E-state index contributed by atoms with van der Waals surface area (Å²) in [7, 11) is 0. The third-order valence-corrected chi connectivity index (χ3v) is 2.25. The van der Waals surface area contributed by atoms with E-state index in [9.17, 15) is 0 Å². The summed E-state index contributed by atoms with van der Waals surface area (Å²) in [4.78, 5) is 0. The molecule has 1 aromatic heterocycles. The molecule has 0 spiro atoms. The number of rotatable bonds is 6. The Bertz CT molecular complexity index is 288. The van der Waals surface area contributed by atoms with Crippen LogP contribution in [-0.2, 0) is 6.61 Å². The molecule has 112 valence electrons. The van der Waals surface area contributed by atoms with E-state index in [-0.39, 0.29) is 6.61 Å². The maximum Gasteiger partial charge on any atom is 0.129 e. The highest BCUT2D eigenvalue weighted by molar-refractivity contribution is 4.95.